The third-order valence-electron chi connectivity index (χ3n) is 6.88. The minimum Gasteiger partial charge on any atom is -0.383 e. The van der Waals surface area contributed by atoms with E-state index < -0.39 is 6.43 Å². The van der Waals surface area contributed by atoms with E-state index in [0.717, 1.165) is 23.2 Å². The second-order valence-electron chi connectivity index (χ2n) is 9.34. The number of nitrogens with zero attached hydrogens (tertiary/aromatic N) is 5. The van der Waals surface area contributed by atoms with Crippen molar-refractivity contribution in [1.29, 1.82) is 0 Å². The van der Waals surface area contributed by atoms with Gasteiger partial charge in [-0.05, 0) is 85.3 Å². The number of fused-ring (bicyclic) bond motifs is 2. The number of pyridine rings is 3. The molecule has 1 aromatic carbocycles. The quantitative estimate of drug-likeness (QED) is 0.300. The molecule has 8 nitrogen and oxygen atoms in total. The Morgan fingerprint density at radius 2 is 2.00 bits per heavy atom. The molecule has 0 unspecified atom stereocenters. The van der Waals surface area contributed by atoms with Crippen molar-refractivity contribution in [3.63, 3.8) is 0 Å². The summed E-state index contributed by atoms with van der Waals surface area (Å²) in [5.41, 5.74) is 11.7. The van der Waals surface area contributed by atoms with E-state index in [9.17, 15) is 13.6 Å². The molecule has 0 aliphatic heterocycles. The Morgan fingerprint density at radius 1 is 1.12 bits per heavy atom. The number of nitrogens with one attached hydrogen (secondary N) is 1. The van der Waals surface area contributed by atoms with Crippen molar-refractivity contribution in [2.45, 2.75) is 32.2 Å². The molecule has 40 heavy (non-hydrogen) atoms. The minimum absolute atomic E-state index is 0.219. The Hall–Kier alpha value is -5.17. The molecule has 1 atom stereocenters. The van der Waals surface area contributed by atoms with Gasteiger partial charge in [-0.15, -0.1) is 0 Å². The lowest BCUT2D eigenvalue weighted by molar-refractivity contribution is 0.0935. The summed E-state index contributed by atoms with van der Waals surface area (Å²) < 4.78 is 27.6. The minimum atomic E-state index is -2.68. The van der Waals surface area contributed by atoms with E-state index >= 15 is 0 Å². The van der Waals surface area contributed by atoms with E-state index in [1.807, 2.05) is 41.0 Å². The van der Waals surface area contributed by atoms with Crippen LogP contribution in [-0.4, -0.2) is 30.4 Å². The van der Waals surface area contributed by atoms with Crippen molar-refractivity contribution in [2.24, 2.45) is 0 Å². The average Bonchev–Trinajstić information content (AvgIpc) is 3.54. The number of nitrogens with two attached hydrogens (primary N) is 1. The molecule has 4 heterocycles. The molecule has 0 saturated heterocycles. The standard InChI is InChI=1S/C30H23F2N7O/c1-2-4-19-8-13-25-29(36-19)39(28(37-25)22-5-3-14-34-27(22)33)20-9-10-21-17(15-20)6-11-23(21)38-30(40)18-7-12-24(26(31)32)35-16-18/h3,5,7-10,12-16,23,26H,6,11H2,1H3,(H2,33,34)(H,38,40)/t23-/m0/s1. The van der Waals surface area contributed by atoms with Crippen LogP contribution in [0.4, 0.5) is 14.6 Å². The molecule has 1 amide bonds. The van der Waals surface area contributed by atoms with E-state index in [1.54, 1.807) is 13.1 Å². The summed E-state index contributed by atoms with van der Waals surface area (Å²) in [4.78, 5) is 30.4. The van der Waals surface area contributed by atoms with Crippen molar-refractivity contribution in [2.75, 3.05) is 5.73 Å². The zero-order valence-corrected chi connectivity index (χ0v) is 21.4. The number of benzene rings is 1. The number of amides is 1. The number of nitrogen functional groups attached to an aromatic ring is 1. The van der Waals surface area contributed by atoms with Gasteiger partial charge in [0.05, 0.1) is 17.2 Å². The highest BCUT2D eigenvalue weighted by atomic mass is 19.3. The molecule has 6 rings (SSSR count). The third kappa shape index (κ3) is 4.52. The van der Waals surface area contributed by atoms with Crippen molar-refractivity contribution in [3.8, 4) is 28.9 Å². The van der Waals surface area contributed by atoms with E-state index in [0.29, 0.717) is 40.5 Å². The number of alkyl halides is 2. The number of carbonyl (C=O) groups is 1. The first kappa shape index (κ1) is 25.1. The van der Waals surface area contributed by atoms with Crippen molar-refractivity contribution in [1.82, 2.24) is 29.8 Å². The van der Waals surface area contributed by atoms with Gasteiger partial charge in [-0.1, -0.05) is 12.0 Å². The fourth-order valence-corrected chi connectivity index (χ4v) is 4.99. The predicted octanol–water partition coefficient (Wildman–Crippen LogP) is 5.19. The van der Waals surface area contributed by atoms with Gasteiger partial charge in [0.1, 0.15) is 22.7 Å². The van der Waals surface area contributed by atoms with E-state index in [-0.39, 0.29) is 23.2 Å². The Labute approximate surface area is 228 Å². The number of halogens is 2. The van der Waals surface area contributed by atoms with Gasteiger partial charge in [-0.3, -0.25) is 14.3 Å². The first-order valence-electron chi connectivity index (χ1n) is 12.6. The maximum Gasteiger partial charge on any atom is 0.280 e. The highest BCUT2D eigenvalue weighted by molar-refractivity contribution is 5.94. The number of hydrogen-bond donors (Lipinski definition) is 2. The molecular formula is C30H23F2N7O. The molecule has 5 aromatic rings. The summed E-state index contributed by atoms with van der Waals surface area (Å²) in [5, 5.41) is 3.01. The van der Waals surface area contributed by atoms with Crippen molar-refractivity contribution >= 4 is 22.9 Å². The number of aromatic nitrogens is 5. The van der Waals surface area contributed by atoms with E-state index in [2.05, 4.69) is 33.2 Å². The molecule has 1 aliphatic rings. The van der Waals surface area contributed by atoms with Crippen LogP contribution in [0.3, 0.4) is 0 Å². The summed E-state index contributed by atoms with van der Waals surface area (Å²) in [6.45, 7) is 1.76. The summed E-state index contributed by atoms with van der Waals surface area (Å²) >= 11 is 0. The number of carbonyl (C=O) groups excluding carboxylic acids is 1. The molecule has 0 fully saturated rings. The lowest BCUT2D eigenvalue weighted by atomic mass is 10.1. The first-order valence-corrected chi connectivity index (χ1v) is 12.6. The van der Waals surface area contributed by atoms with Gasteiger partial charge in [0.2, 0.25) is 0 Å². The average molecular weight is 536 g/mol. The second kappa shape index (κ2) is 10.2. The maximum atomic E-state index is 12.8. The van der Waals surface area contributed by atoms with Gasteiger partial charge in [-0.2, -0.15) is 0 Å². The van der Waals surface area contributed by atoms with Crippen molar-refractivity contribution in [3.05, 3.63) is 95.1 Å². The van der Waals surface area contributed by atoms with Crippen LogP contribution in [0.2, 0.25) is 0 Å². The predicted molar refractivity (Wildman–Crippen MR) is 147 cm³/mol. The number of imidazole rings is 1. The lowest BCUT2D eigenvalue weighted by Crippen LogP contribution is -2.27. The van der Waals surface area contributed by atoms with Gasteiger partial charge in [0.15, 0.2) is 11.5 Å². The smallest absolute Gasteiger partial charge is 0.280 e. The summed E-state index contributed by atoms with van der Waals surface area (Å²) in [5.74, 6) is 6.49. The van der Waals surface area contributed by atoms with Gasteiger partial charge >= 0.3 is 0 Å². The van der Waals surface area contributed by atoms with Gasteiger partial charge in [0, 0.05) is 18.1 Å². The van der Waals surface area contributed by atoms with Gasteiger partial charge < -0.3 is 11.1 Å². The maximum absolute atomic E-state index is 12.8. The molecule has 1 aliphatic carbocycles. The van der Waals surface area contributed by atoms with Gasteiger partial charge in [-0.25, -0.2) is 23.7 Å². The van der Waals surface area contributed by atoms with Crippen LogP contribution < -0.4 is 11.1 Å². The number of hydrogen-bond acceptors (Lipinski definition) is 6. The highest BCUT2D eigenvalue weighted by Crippen LogP contribution is 2.36. The van der Waals surface area contributed by atoms with E-state index in [1.165, 1.54) is 18.3 Å². The van der Waals surface area contributed by atoms with Crippen molar-refractivity contribution < 1.29 is 13.6 Å². The topological polar surface area (TPSA) is 112 Å². The molecule has 4 aromatic heterocycles. The van der Waals surface area contributed by atoms with Crippen LogP contribution in [0.5, 0.6) is 0 Å². The number of aryl methyl sites for hydroxylation is 1. The Kier molecular flexibility index (Phi) is 6.40. The monoisotopic (exact) mass is 535 g/mol. The second-order valence-corrected chi connectivity index (χ2v) is 9.34. The largest absolute Gasteiger partial charge is 0.383 e. The molecule has 0 bridgehead atoms. The van der Waals surface area contributed by atoms with E-state index in [4.69, 9.17) is 15.7 Å². The normalized spacial score (nSPS) is 14.2. The first-order chi connectivity index (χ1) is 19.4. The zero-order valence-electron chi connectivity index (χ0n) is 21.4. The number of anilines is 1. The van der Waals surface area contributed by atoms with Crippen LogP contribution in [-0.2, 0) is 6.42 Å². The third-order valence-corrected chi connectivity index (χ3v) is 6.88. The van der Waals surface area contributed by atoms with Crippen LogP contribution in [0.15, 0.2) is 67.0 Å². The molecular weight excluding hydrogens is 512 g/mol. The summed E-state index contributed by atoms with van der Waals surface area (Å²) in [6, 6.07) is 15.7. The highest BCUT2D eigenvalue weighted by Gasteiger charge is 2.26. The Morgan fingerprint density at radius 3 is 2.75 bits per heavy atom. The van der Waals surface area contributed by atoms with Gasteiger partial charge in [0.25, 0.3) is 12.3 Å². The molecule has 0 spiro atoms. The van der Waals surface area contributed by atoms with Crippen LogP contribution >= 0.6 is 0 Å². The van der Waals surface area contributed by atoms with Crippen LogP contribution in [0.25, 0.3) is 28.2 Å². The van der Waals surface area contributed by atoms with Crippen LogP contribution in [0.1, 0.15) is 58.7 Å². The molecule has 0 saturated carbocycles. The molecule has 10 heteroatoms. The van der Waals surface area contributed by atoms with Crippen LogP contribution in [0, 0.1) is 11.8 Å². The fraction of sp³-hybridized carbons (Fsp3) is 0.167. The fourth-order valence-electron chi connectivity index (χ4n) is 4.99. The molecule has 0 radical (unpaired) electrons. The lowest BCUT2D eigenvalue weighted by Gasteiger charge is -2.16. The SMILES string of the molecule is CC#Cc1ccc2nc(-c3cccnc3N)n(-c3ccc4c(c3)CC[C@@H]4NC(=O)c3ccc(C(F)F)nc3)c2n1. The summed E-state index contributed by atoms with van der Waals surface area (Å²) in [7, 11) is 0. The number of rotatable bonds is 5. The Bertz CT molecular complexity index is 1820. The molecule has 198 valence electrons. The summed E-state index contributed by atoms with van der Waals surface area (Å²) in [6.07, 6.45) is 1.57. The zero-order chi connectivity index (χ0) is 27.8. The molecule has 3 N–H and O–H groups in total. The Balaban J connectivity index is 1.37.